The van der Waals surface area contributed by atoms with E-state index in [2.05, 4.69) is 36.4 Å². The molecule has 0 saturated heterocycles. The number of hydrogen-bond donors (Lipinski definition) is 0. The molecular formula is C49H67NO15. The Bertz CT molecular complexity index is 1610. The summed E-state index contributed by atoms with van der Waals surface area (Å²) in [5, 5.41) is 10.7. The summed E-state index contributed by atoms with van der Waals surface area (Å²) in [6.07, 6.45) is 0. The fourth-order valence-electron chi connectivity index (χ4n) is 6.21. The van der Waals surface area contributed by atoms with Crippen molar-refractivity contribution in [1.82, 2.24) is 0 Å². The first-order valence-corrected chi connectivity index (χ1v) is 22.2. The molecule has 0 unspecified atom stereocenters. The van der Waals surface area contributed by atoms with E-state index in [0.717, 1.165) is 16.7 Å². The molecule has 0 aliphatic rings. The zero-order valence-electron chi connectivity index (χ0n) is 37.5. The van der Waals surface area contributed by atoms with Crippen LogP contribution in [0.5, 0.6) is 5.75 Å². The van der Waals surface area contributed by atoms with Crippen molar-refractivity contribution in [2.75, 3.05) is 159 Å². The molecular weight excluding hydrogens is 843 g/mol. The third-order valence-electron chi connectivity index (χ3n) is 9.35. The van der Waals surface area contributed by atoms with Gasteiger partial charge in [-0.2, -0.15) is 0 Å². The van der Waals surface area contributed by atoms with Gasteiger partial charge in [-0.25, -0.2) is 0 Å². The van der Waals surface area contributed by atoms with Gasteiger partial charge in [-0.1, -0.05) is 91.0 Å². The third kappa shape index (κ3) is 23.1. The van der Waals surface area contributed by atoms with E-state index in [1.165, 1.54) is 12.1 Å². The van der Waals surface area contributed by atoms with Crippen molar-refractivity contribution in [1.29, 1.82) is 0 Å². The van der Waals surface area contributed by atoms with Crippen molar-refractivity contribution in [3.05, 3.63) is 142 Å². The largest absolute Gasteiger partial charge is 0.491 e. The minimum atomic E-state index is -0.761. The zero-order chi connectivity index (χ0) is 45.6. The Morgan fingerprint density at radius 1 is 0.323 bits per heavy atom. The molecule has 358 valence electrons. The number of nitro benzene ring substituents is 1. The molecule has 0 aromatic heterocycles. The summed E-state index contributed by atoms with van der Waals surface area (Å²) in [5.41, 5.74) is 2.44. The number of rotatable bonds is 42. The maximum Gasteiger partial charge on any atom is 0.269 e. The summed E-state index contributed by atoms with van der Waals surface area (Å²) in [6.45, 7) is 11.0. The molecule has 0 fully saturated rings. The highest BCUT2D eigenvalue weighted by atomic mass is 16.6. The lowest BCUT2D eigenvalue weighted by atomic mass is 9.80. The highest BCUT2D eigenvalue weighted by Gasteiger charge is 2.37. The Kier molecular flexibility index (Phi) is 29.3. The van der Waals surface area contributed by atoms with E-state index in [4.69, 9.17) is 61.6 Å². The van der Waals surface area contributed by atoms with Gasteiger partial charge < -0.3 is 61.6 Å². The fraction of sp³-hybridized carbons (Fsp3) is 0.510. The average Bonchev–Trinajstić information content (AvgIpc) is 3.34. The molecule has 0 heterocycles. The van der Waals surface area contributed by atoms with Crippen molar-refractivity contribution in [3.63, 3.8) is 0 Å². The van der Waals surface area contributed by atoms with Crippen LogP contribution in [0.4, 0.5) is 5.69 Å². The Balaban J connectivity index is 0.820. The van der Waals surface area contributed by atoms with Crippen LogP contribution < -0.4 is 4.74 Å². The molecule has 4 aromatic rings. The van der Waals surface area contributed by atoms with E-state index < -0.39 is 10.5 Å². The maximum absolute atomic E-state index is 10.7. The molecule has 16 nitrogen and oxygen atoms in total. The summed E-state index contributed by atoms with van der Waals surface area (Å²) < 4.78 is 73.4. The van der Waals surface area contributed by atoms with Gasteiger partial charge in [-0.05, 0) is 28.8 Å². The number of nitro groups is 1. The Morgan fingerprint density at radius 3 is 0.831 bits per heavy atom. The highest BCUT2D eigenvalue weighted by Crippen LogP contribution is 2.40. The van der Waals surface area contributed by atoms with Crippen molar-refractivity contribution < 1.29 is 66.5 Å². The normalized spacial score (nSPS) is 11.6. The number of hydrogen-bond acceptors (Lipinski definition) is 15. The van der Waals surface area contributed by atoms with Crippen molar-refractivity contribution >= 4 is 5.69 Å². The first kappa shape index (κ1) is 53.2. The second-order valence-electron chi connectivity index (χ2n) is 14.0. The summed E-state index contributed by atoms with van der Waals surface area (Å²) in [6, 6.07) is 36.8. The lowest BCUT2D eigenvalue weighted by Gasteiger charge is -2.36. The van der Waals surface area contributed by atoms with Gasteiger partial charge >= 0.3 is 0 Å². The van der Waals surface area contributed by atoms with Gasteiger partial charge in [0, 0.05) is 12.1 Å². The van der Waals surface area contributed by atoms with Gasteiger partial charge in [0.1, 0.15) is 18.0 Å². The molecule has 0 N–H and O–H groups in total. The molecule has 65 heavy (non-hydrogen) atoms. The van der Waals surface area contributed by atoms with Gasteiger partial charge in [0.2, 0.25) is 0 Å². The summed E-state index contributed by atoms with van der Waals surface area (Å²) in [7, 11) is 0. The number of nitrogens with zero attached hydrogens (tertiary/aromatic N) is 1. The minimum Gasteiger partial charge on any atom is -0.491 e. The molecule has 0 saturated carbocycles. The van der Waals surface area contributed by atoms with Crippen LogP contribution in [-0.4, -0.2) is 163 Å². The van der Waals surface area contributed by atoms with Gasteiger partial charge in [0.05, 0.1) is 157 Å². The Morgan fingerprint density at radius 2 is 0.569 bits per heavy atom. The van der Waals surface area contributed by atoms with E-state index in [1.54, 1.807) is 12.1 Å². The summed E-state index contributed by atoms with van der Waals surface area (Å²) in [5.74, 6) is 0.553. The fourth-order valence-corrected chi connectivity index (χ4v) is 6.21. The predicted molar refractivity (Wildman–Crippen MR) is 243 cm³/mol. The molecule has 0 aliphatic heterocycles. The average molecular weight is 910 g/mol. The van der Waals surface area contributed by atoms with Gasteiger partial charge in [-0.3, -0.25) is 10.1 Å². The first-order valence-electron chi connectivity index (χ1n) is 22.2. The second-order valence-corrected chi connectivity index (χ2v) is 14.0. The van der Waals surface area contributed by atoms with Gasteiger partial charge in [-0.15, -0.1) is 0 Å². The van der Waals surface area contributed by atoms with Crippen LogP contribution in [0.25, 0.3) is 0 Å². The molecule has 0 aliphatic carbocycles. The summed E-state index contributed by atoms with van der Waals surface area (Å²) in [4.78, 5) is 10.2. The predicted octanol–water partition coefficient (Wildman–Crippen LogP) is 6.16. The zero-order valence-corrected chi connectivity index (χ0v) is 37.5. The molecule has 16 heteroatoms. The quantitative estimate of drug-likeness (QED) is 0.0215. The maximum atomic E-state index is 10.7. The van der Waals surface area contributed by atoms with Crippen LogP contribution in [0, 0.1) is 10.1 Å². The van der Waals surface area contributed by atoms with Crippen LogP contribution in [0.1, 0.15) is 16.7 Å². The Hall–Kier alpha value is -4.40. The highest BCUT2D eigenvalue weighted by molar-refractivity contribution is 5.47. The first-order chi connectivity index (χ1) is 32.2. The topological polar surface area (TPSA) is 163 Å². The van der Waals surface area contributed by atoms with Crippen LogP contribution in [-0.2, 0) is 62.4 Å². The molecule has 0 radical (unpaired) electrons. The lowest BCUT2D eigenvalue weighted by molar-refractivity contribution is -0.384. The van der Waals surface area contributed by atoms with Crippen molar-refractivity contribution in [2.45, 2.75) is 5.60 Å². The number of non-ortho nitro benzene ring substituents is 1. The van der Waals surface area contributed by atoms with Crippen LogP contribution >= 0.6 is 0 Å². The molecule has 0 spiro atoms. The monoisotopic (exact) mass is 909 g/mol. The van der Waals surface area contributed by atoms with E-state index in [9.17, 15) is 10.1 Å². The van der Waals surface area contributed by atoms with Crippen LogP contribution in [0.15, 0.2) is 115 Å². The van der Waals surface area contributed by atoms with Gasteiger partial charge in [0.15, 0.2) is 0 Å². The Labute approximate surface area is 383 Å². The van der Waals surface area contributed by atoms with E-state index in [0.29, 0.717) is 164 Å². The summed E-state index contributed by atoms with van der Waals surface area (Å²) >= 11 is 0. The molecule has 4 aromatic carbocycles. The number of ether oxygens (including phenoxy) is 13. The molecule has 0 amide bonds. The smallest absolute Gasteiger partial charge is 0.269 e. The van der Waals surface area contributed by atoms with Crippen molar-refractivity contribution in [2.24, 2.45) is 0 Å². The van der Waals surface area contributed by atoms with E-state index in [-0.39, 0.29) is 5.69 Å². The second kappa shape index (κ2) is 35.8. The third-order valence-corrected chi connectivity index (χ3v) is 9.35. The minimum absolute atomic E-state index is 0.0228. The van der Waals surface area contributed by atoms with E-state index in [1.807, 2.05) is 54.6 Å². The molecule has 4 rings (SSSR count). The lowest BCUT2D eigenvalue weighted by Crippen LogP contribution is -2.34. The van der Waals surface area contributed by atoms with Crippen LogP contribution in [0.2, 0.25) is 0 Å². The standard InChI is InChI=1S/C49H67NO15/c51-50(52)47-16-18-48(19-17-47)64-42-40-62-38-36-60-34-32-58-30-28-56-26-24-54-22-20-53-21-23-55-25-27-57-29-31-59-33-35-61-37-39-63-41-43-65-49(44-10-4-1-5-11-44,45-12-6-2-7-13-45)46-14-8-3-9-15-46/h1-19H,20-43H2. The van der Waals surface area contributed by atoms with Crippen molar-refractivity contribution in [3.8, 4) is 5.75 Å². The van der Waals surface area contributed by atoms with Crippen LogP contribution in [0.3, 0.4) is 0 Å². The SMILES string of the molecule is O=[N+]([O-])c1ccc(OCCOCCOCCOCCOCCOCCOCCOCCOCCOCCOCCOCCOC(c2ccccc2)(c2ccccc2)c2ccccc2)cc1. The number of benzene rings is 4. The molecule has 0 bridgehead atoms. The van der Waals surface area contributed by atoms with Gasteiger partial charge in [0.25, 0.3) is 5.69 Å². The molecule has 0 atom stereocenters. The van der Waals surface area contributed by atoms with E-state index >= 15 is 0 Å².